The Kier molecular flexibility index (Phi) is 6.98. The van der Waals surface area contributed by atoms with Gasteiger partial charge in [-0.15, -0.1) is 0 Å². The monoisotopic (exact) mass is 443 g/mol. The molecule has 0 bridgehead atoms. The van der Waals surface area contributed by atoms with Crippen LogP contribution in [0.15, 0.2) is 72.8 Å². The molecular formula is C26H26BNO5. The van der Waals surface area contributed by atoms with E-state index in [2.05, 4.69) is 12.9 Å². The van der Waals surface area contributed by atoms with Crippen LogP contribution in [0.4, 0.5) is 4.79 Å². The van der Waals surface area contributed by atoms with Crippen LogP contribution in [0.25, 0.3) is 0 Å². The van der Waals surface area contributed by atoms with E-state index in [1.807, 2.05) is 66.7 Å². The van der Waals surface area contributed by atoms with E-state index in [1.54, 1.807) is 4.90 Å². The zero-order chi connectivity index (χ0) is 23.2. The minimum absolute atomic E-state index is 0.176. The average Bonchev–Trinajstić information content (AvgIpc) is 3.21. The van der Waals surface area contributed by atoms with E-state index in [1.165, 1.54) is 7.11 Å². The largest absolute Gasteiger partial charge is 0.469 e. The van der Waals surface area contributed by atoms with Crippen LogP contribution in [0.1, 0.15) is 22.8 Å². The molecule has 7 heteroatoms. The highest BCUT2D eigenvalue weighted by atomic mass is 16.6. The molecule has 33 heavy (non-hydrogen) atoms. The topological polar surface area (TPSA) is 65.1 Å². The lowest BCUT2D eigenvalue weighted by Crippen LogP contribution is -2.25. The fraction of sp³-hybridized carbons (Fsp3) is 0.231. The summed E-state index contributed by atoms with van der Waals surface area (Å²) >= 11 is 0. The molecule has 0 spiro atoms. The van der Waals surface area contributed by atoms with Crippen molar-refractivity contribution < 1.29 is 23.8 Å². The number of nitrogens with zero attached hydrogens (tertiary/aromatic N) is 1. The first kappa shape index (κ1) is 22.5. The average molecular weight is 443 g/mol. The normalized spacial score (nSPS) is 15.2. The molecule has 6 nitrogen and oxygen atoms in total. The zero-order valence-electron chi connectivity index (χ0n) is 18.8. The Bertz CT molecular complexity index is 1130. The number of hydrogen-bond acceptors (Lipinski definition) is 5. The van der Waals surface area contributed by atoms with Gasteiger partial charge in [0, 0.05) is 5.56 Å². The minimum atomic E-state index is -0.336. The summed E-state index contributed by atoms with van der Waals surface area (Å²) in [7, 11) is 2.24. The first-order chi connectivity index (χ1) is 16.1. The number of ether oxygens (including phenoxy) is 3. The number of rotatable bonds is 8. The Balaban J connectivity index is 1.54. The van der Waals surface area contributed by atoms with Gasteiger partial charge in [0.15, 0.2) is 7.28 Å². The van der Waals surface area contributed by atoms with Gasteiger partial charge in [-0.3, -0.25) is 9.69 Å². The maximum Gasteiger partial charge on any atom is 0.410 e. The standard InChI is InChI=1S/C26H26BNO5/c1-27-21-11-12-23(32-22-10-6-7-18(13-22)14-25(29)31-2)20(15-21)16-28-17-24(33-26(28)30)19-8-4-3-5-9-19/h3-13,15,24,27H,14,16-17H2,1-2H3/t24-/m1/s1. The van der Waals surface area contributed by atoms with Crippen molar-refractivity contribution in [2.24, 2.45) is 0 Å². The van der Waals surface area contributed by atoms with Crippen molar-refractivity contribution in [3.63, 3.8) is 0 Å². The summed E-state index contributed by atoms with van der Waals surface area (Å²) in [6.07, 6.45) is -0.445. The highest BCUT2D eigenvalue weighted by Crippen LogP contribution is 2.31. The molecule has 1 heterocycles. The Hall–Kier alpha value is -3.74. The van der Waals surface area contributed by atoms with E-state index in [0.29, 0.717) is 24.6 Å². The number of carbonyl (C=O) groups is 2. The second-order valence-electron chi connectivity index (χ2n) is 7.96. The Morgan fingerprint density at radius 3 is 2.67 bits per heavy atom. The number of carbonyl (C=O) groups excluding carboxylic acids is 2. The van der Waals surface area contributed by atoms with Gasteiger partial charge in [0.25, 0.3) is 0 Å². The van der Waals surface area contributed by atoms with Gasteiger partial charge >= 0.3 is 12.1 Å². The zero-order valence-corrected chi connectivity index (χ0v) is 18.8. The predicted molar refractivity (Wildman–Crippen MR) is 127 cm³/mol. The fourth-order valence-electron chi connectivity index (χ4n) is 3.84. The SMILES string of the molecule is CBc1ccc(Oc2cccc(CC(=O)OC)c2)c(CN2C[C@H](c3ccccc3)OC2=O)c1. The van der Waals surface area contributed by atoms with Crippen LogP contribution in [0.5, 0.6) is 11.5 Å². The van der Waals surface area contributed by atoms with Gasteiger partial charge in [0.1, 0.15) is 17.6 Å². The van der Waals surface area contributed by atoms with Crippen molar-refractivity contribution in [2.75, 3.05) is 13.7 Å². The first-order valence-electron chi connectivity index (χ1n) is 11.0. The highest BCUT2D eigenvalue weighted by molar-refractivity contribution is 6.51. The molecule has 0 aromatic heterocycles. The molecule has 1 fully saturated rings. The summed E-state index contributed by atoms with van der Waals surface area (Å²) in [5.41, 5.74) is 3.84. The number of hydrogen-bond donors (Lipinski definition) is 0. The Labute approximate surface area is 194 Å². The summed E-state index contributed by atoms with van der Waals surface area (Å²) in [5, 5.41) is 0. The molecule has 1 aliphatic heterocycles. The number of methoxy groups -OCH3 is 1. The summed E-state index contributed by atoms with van der Waals surface area (Å²) in [5.74, 6) is 0.979. The van der Waals surface area contributed by atoms with Crippen LogP contribution in [0.3, 0.4) is 0 Å². The minimum Gasteiger partial charge on any atom is -0.469 e. The van der Waals surface area contributed by atoms with Gasteiger partial charge in [0.2, 0.25) is 0 Å². The predicted octanol–water partition coefficient (Wildman–Crippen LogP) is 4.00. The number of amides is 1. The van der Waals surface area contributed by atoms with Gasteiger partial charge in [-0.05, 0) is 29.3 Å². The van der Waals surface area contributed by atoms with Crippen molar-refractivity contribution >= 4 is 24.8 Å². The van der Waals surface area contributed by atoms with E-state index < -0.39 is 0 Å². The summed E-state index contributed by atoms with van der Waals surface area (Å²) < 4.78 is 16.6. The maximum absolute atomic E-state index is 12.6. The van der Waals surface area contributed by atoms with E-state index in [4.69, 9.17) is 14.2 Å². The van der Waals surface area contributed by atoms with Gasteiger partial charge in [-0.25, -0.2) is 4.79 Å². The smallest absolute Gasteiger partial charge is 0.410 e. The van der Waals surface area contributed by atoms with Crippen molar-refractivity contribution in [3.8, 4) is 11.5 Å². The van der Waals surface area contributed by atoms with Gasteiger partial charge in [-0.2, -0.15) is 0 Å². The van der Waals surface area contributed by atoms with E-state index >= 15 is 0 Å². The van der Waals surface area contributed by atoms with Crippen LogP contribution in [-0.4, -0.2) is 37.9 Å². The number of esters is 1. The molecule has 4 rings (SSSR count). The van der Waals surface area contributed by atoms with Gasteiger partial charge in [-0.1, -0.05) is 66.9 Å². The third kappa shape index (κ3) is 5.55. The molecular weight excluding hydrogens is 417 g/mol. The quantitative estimate of drug-likeness (QED) is 0.389. The van der Waals surface area contributed by atoms with Crippen LogP contribution >= 0.6 is 0 Å². The van der Waals surface area contributed by atoms with Crippen molar-refractivity contribution in [1.29, 1.82) is 0 Å². The van der Waals surface area contributed by atoms with Gasteiger partial charge in [0.05, 0.1) is 26.6 Å². The molecule has 1 atom stereocenters. The molecule has 0 saturated carbocycles. The van der Waals surface area contributed by atoms with Crippen LogP contribution in [-0.2, 0) is 27.2 Å². The van der Waals surface area contributed by atoms with E-state index in [-0.39, 0.29) is 24.6 Å². The Morgan fingerprint density at radius 1 is 1.09 bits per heavy atom. The molecule has 3 aromatic carbocycles. The van der Waals surface area contributed by atoms with Crippen molar-refractivity contribution in [1.82, 2.24) is 4.90 Å². The van der Waals surface area contributed by atoms with Crippen molar-refractivity contribution in [2.45, 2.75) is 25.9 Å². The van der Waals surface area contributed by atoms with E-state index in [9.17, 15) is 9.59 Å². The van der Waals surface area contributed by atoms with Crippen LogP contribution in [0.2, 0.25) is 6.82 Å². The molecule has 168 valence electrons. The third-order valence-corrected chi connectivity index (χ3v) is 5.66. The van der Waals surface area contributed by atoms with E-state index in [0.717, 1.165) is 29.4 Å². The lowest BCUT2D eigenvalue weighted by molar-refractivity contribution is -0.139. The fourth-order valence-corrected chi connectivity index (χ4v) is 3.84. The first-order valence-corrected chi connectivity index (χ1v) is 11.0. The molecule has 0 unspecified atom stereocenters. The molecule has 3 aromatic rings. The second-order valence-corrected chi connectivity index (χ2v) is 7.96. The Morgan fingerprint density at radius 2 is 1.91 bits per heavy atom. The maximum atomic E-state index is 12.6. The highest BCUT2D eigenvalue weighted by Gasteiger charge is 2.32. The van der Waals surface area contributed by atoms with Crippen LogP contribution < -0.4 is 10.2 Å². The molecule has 0 radical (unpaired) electrons. The van der Waals surface area contributed by atoms with Gasteiger partial charge < -0.3 is 14.2 Å². The molecule has 0 aliphatic carbocycles. The molecule has 0 N–H and O–H groups in total. The lowest BCUT2D eigenvalue weighted by Gasteiger charge is -2.18. The molecule has 1 amide bonds. The molecule has 1 aliphatic rings. The summed E-state index contributed by atoms with van der Waals surface area (Å²) in [4.78, 5) is 25.9. The lowest BCUT2D eigenvalue weighted by atomic mass is 9.73. The number of cyclic esters (lactones) is 1. The van der Waals surface area contributed by atoms with Crippen molar-refractivity contribution in [3.05, 3.63) is 89.5 Å². The van der Waals surface area contributed by atoms with Crippen LogP contribution in [0, 0.1) is 0 Å². The second kappa shape index (κ2) is 10.3. The summed E-state index contributed by atoms with van der Waals surface area (Å²) in [6, 6.07) is 23.1. The number of benzene rings is 3. The molecule has 1 saturated heterocycles. The summed E-state index contributed by atoms with van der Waals surface area (Å²) in [6.45, 7) is 2.95. The third-order valence-electron chi connectivity index (χ3n) is 5.66.